The van der Waals surface area contributed by atoms with E-state index in [9.17, 15) is 9.59 Å². The minimum Gasteiger partial charge on any atom is -0.391 e. The first-order chi connectivity index (χ1) is 11.4. The Labute approximate surface area is 140 Å². The third-order valence-corrected chi connectivity index (χ3v) is 3.97. The Bertz CT molecular complexity index is 667. The van der Waals surface area contributed by atoms with Gasteiger partial charge in [0, 0.05) is 24.4 Å². The van der Waals surface area contributed by atoms with Crippen molar-refractivity contribution in [3.63, 3.8) is 0 Å². The number of nitrogens with zero attached hydrogens (tertiary/aromatic N) is 1. The summed E-state index contributed by atoms with van der Waals surface area (Å²) in [5.74, 6) is -0.283. The first-order valence-electron chi connectivity index (χ1n) is 7.81. The molecule has 0 radical (unpaired) electrons. The maximum atomic E-state index is 11.9. The number of hydrogen-bond donors (Lipinski definition) is 3. The molecule has 2 atom stereocenters. The van der Waals surface area contributed by atoms with Crippen molar-refractivity contribution in [1.82, 2.24) is 5.32 Å². The van der Waals surface area contributed by atoms with E-state index in [1.165, 1.54) is 6.92 Å². The molecule has 0 aromatic heterocycles. The van der Waals surface area contributed by atoms with E-state index in [1.807, 2.05) is 12.1 Å². The van der Waals surface area contributed by atoms with E-state index >= 15 is 0 Å². The van der Waals surface area contributed by atoms with Crippen LogP contribution in [0.4, 0.5) is 0 Å². The highest BCUT2D eigenvalue weighted by molar-refractivity contribution is 6.02. The van der Waals surface area contributed by atoms with Crippen LogP contribution in [0.25, 0.3) is 0 Å². The molecule has 0 aliphatic carbocycles. The number of ketones is 1. The van der Waals surface area contributed by atoms with Gasteiger partial charge < -0.3 is 15.9 Å². The van der Waals surface area contributed by atoms with Crippen LogP contribution in [0.15, 0.2) is 29.4 Å². The summed E-state index contributed by atoms with van der Waals surface area (Å²) in [6, 6.07) is 7.17. The zero-order chi connectivity index (χ0) is 17.7. The molecule has 1 amide bonds. The number of carbonyl (C=O) groups is 2. The molecule has 1 heterocycles. The van der Waals surface area contributed by atoms with Crippen molar-refractivity contribution in [2.45, 2.75) is 32.8 Å². The maximum Gasteiger partial charge on any atom is 0.223 e. The number of benzene rings is 1. The second-order valence-corrected chi connectivity index (χ2v) is 5.98. The fraction of sp³-hybridized carbons (Fsp3) is 0.412. The Morgan fingerprint density at radius 3 is 2.67 bits per heavy atom. The molecule has 1 aromatic carbocycles. The van der Waals surface area contributed by atoms with Crippen LogP contribution in [-0.2, 0) is 14.4 Å². The van der Waals surface area contributed by atoms with Gasteiger partial charge in [0.1, 0.15) is 17.7 Å². The molecule has 0 saturated carbocycles. The molecule has 0 fully saturated rings. The van der Waals surface area contributed by atoms with Gasteiger partial charge in [-0.25, -0.2) is 0 Å². The molecule has 7 nitrogen and oxygen atoms in total. The minimum absolute atomic E-state index is 0.0143. The number of amides is 1. The van der Waals surface area contributed by atoms with Crippen LogP contribution in [0.3, 0.4) is 0 Å². The predicted octanol–water partition coefficient (Wildman–Crippen LogP) is 1.20. The van der Waals surface area contributed by atoms with Gasteiger partial charge in [0.05, 0.1) is 12.1 Å². The first-order valence-corrected chi connectivity index (χ1v) is 7.81. The van der Waals surface area contributed by atoms with Crippen LogP contribution in [-0.4, -0.2) is 35.9 Å². The second kappa shape index (κ2) is 7.72. The van der Waals surface area contributed by atoms with Gasteiger partial charge in [-0.1, -0.05) is 36.3 Å². The van der Waals surface area contributed by atoms with E-state index in [-0.39, 0.29) is 36.0 Å². The highest BCUT2D eigenvalue weighted by Crippen LogP contribution is 2.19. The highest BCUT2D eigenvalue weighted by atomic mass is 16.6. The minimum atomic E-state index is -0.305. The third kappa shape index (κ3) is 4.65. The number of Topliss-reactive ketones (excluding diaryl/α,β-unsaturated/α-hetero) is 1. The Hall–Kier alpha value is -2.70. The molecule has 1 aromatic rings. The number of oxime groups is 1. The molecule has 2 unspecified atom stereocenters. The normalized spacial score (nSPS) is 17.6. The Morgan fingerprint density at radius 2 is 2.08 bits per heavy atom. The van der Waals surface area contributed by atoms with E-state index in [0.717, 1.165) is 11.3 Å². The summed E-state index contributed by atoms with van der Waals surface area (Å²) in [6.45, 7) is 3.62. The lowest BCUT2D eigenvalue weighted by Gasteiger charge is -2.11. The van der Waals surface area contributed by atoms with Gasteiger partial charge in [-0.3, -0.25) is 15.0 Å². The average Bonchev–Trinajstić information content (AvgIpc) is 3.01. The van der Waals surface area contributed by atoms with Crippen molar-refractivity contribution < 1.29 is 14.4 Å². The number of rotatable bonds is 7. The third-order valence-electron chi connectivity index (χ3n) is 3.97. The van der Waals surface area contributed by atoms with Gasteiger partial charge in [0.25, 0.3) is 0 Å². The Kier molecular flexibility index (Phi) is 5.68. The number of nitrogens with two attached hydrogens (primary N) is 1. The van der Waals surface area contributed by atoms with Gasteiger partial charge in [-0.15, -0.1) is 0 Å². The summed E-state index contributed by atoms with van der Waals surface area (Å²) < 4.78 is 0. The smallest absolute Gasteiger partial charge is 0.223 e. The Balaban J connectivity index is 1.83. The van der Waals surface area contributed by atoms with E-state index in [2.05, 4.69) is 10.5 Å². The standard InChI is InChI=1S/C17H22N4O3/c1-10(11(2)22)9-20-16(23)8-14-7-15(21-24-14)12-3-5-13(6-4-12)17(18)19/h3-6,10,14H,7-9H2,1-2H3,(H3,18,19)(H,20,23). The molecule has 0 spiro atoms. The monoisotopic (exact) mass is 330 g/mol. The van der Waals surface area contributed by atoms with Gasteiger partial charge in [-0.2, -0.15) is 0 Å². The summed E-state index contributed by atoms with van der Waals surface area (Å²) in [5, 5.41) is 14.2. The number of nitrogen functional groups attached to an aromatic ring is 1. The van der Waals surface area contributed by atoms with Crippen LogP contribution in [0.2, 0.25) is 0 Å². The van der Waals surface area contributed by atoms with E-state index in [1.54, 1.807) is 19.1 Å². The SMILES string of the molecule is CC(=O)C(C)CNC(=O)CC1CC(c2ccc(C(=N)N)cc2)=NO1. The molecule has 4 N–H and O–H groups in total. The summed E-state index contributed by atoms with van der Waals surface area (Å²) in [6.07, 6.45) is 0.429. The second-order valence-electron chi connectivity index (χ2n) is 5.98. The van der Waals surface area contributed by atoms with Crippen molar-refractivity contribution in [1.29, 1.82) is 5.41 Å². The van der Waals surface area contributed by atoms with Crippen molar-refractivity contribution in [3.8, 4) is 0 Å². The van der Waals surface area contributed by atoms with Crippen LogP contribution >= 0.6 is 0 Å². The van der Waals surface area contributed by atoms with E-state index in [0.29, 0.717) is 18.5 Å². The largest absolute Gasteiger partial charge is 0.391 e. The lowest BCUT2D eigenvalue weighted by atomic mass is 10.0. The summed E-state index contributed by atoms with van der Waals surface area (Å²) >= 11 is 0. The van der Waals surface area contributed by atoms with E-state index < -0.39 is 0 Å². The maximum absolute atomic E-state index is 11.9. The quantitative estimate of drug-likeness (QED) is 0.514. The molecular weight excluding hydrogens is 308 g/mol. The molecule has 1 aliphatic heterocycles. The molecule has 0 bridgehead atoms. The molecule has 2 rings (SSSR count). The number of nitrogens with one attached hydrogen (secondary N) is 2. The van der Waals surface area contributed by atoms with Gasteiger partial charge in [-0.05, 0) is 12.5 Å². The van der Waals surface area contributed by atoms with Crippen molar-refractivity contribution in [2.75, 3.05) is 6.54 Å². The number of carbonyl (C=O) groups excluding carboxylic acids is 2. The zero-order valence-corrected chi connectivity index (χ0v) is 13.8. The van der Waals surface area contributed by atoms with Crippen LogP contribution < -0.4 is 11.1 Å². The summed E-state index contributed by atoms with van der Waals surface area (Å²) in [5.41, 5.74) is 7.72. The lowest BCUT2D eigenvalue weighted by molar-refractivity contribution is -0.124. The summed E-state index contributed by atoms with van der Waals surface area (Å²) in [4.78, 5) is 28.4. The molecule has 128 valence electrons. The molecule has 1 aliphatic rings. The lowest BCUT2D eigenvalue weighted by Crippen LogP contribution is -2.33. The van der Waals surface area contributed by atoms with Gasteiger partial charge in [0.15, 0.2) is 0 Å². The molecular formula is C17H22N4O3. The van der Waals surface area contributed by atoms with Crippen LogP contribution in [0.1, 0.15) is 37.8 Å². The van der Waals surface area contributed by atoms with Crippen LogP contribution in [0.5, 0.6) is 0 Å². The molecule has 7 heteroatoms. The molecule has 0 saturated heterocycles. The molecule has 24 heavy (non-hydrogen) atoms. The van der Waals surface area contributed by atoms with Crippen molar-refractivity contribution in [2.24, 2.45) is 16.8 Å². The van der Waals surface area contributed by atoms with Crippen molar-refractivity contribution in [3.05, 3.63) is 35.4 Å². The number of amidine groups is 1. The fourth-order valence-corrected chi connectivity index (χ4v) is 2.24. The van der Waals surface area contributed by atoms with Gasteiger partial charge >= 0.3 is 0 Å². The van der Waals surface area contributed by atoms with Gasteiger partial charge in [0.2, 0.25) is 5.91 Å². The summed E-state index contributed by atoms with van der Waals surface area (Å²) in [7, 11) is 0. The van der Waals surface area contributed by atoms with Crippen LogP contribution in [0, 0.1) is 11.3 Å². The first kappa shape index (κ1) is 17.7. The average molecular weight is 330 g/mol. The highest BCUT2D eigenvalue weighted by Gasteiger charge is 2.25. The zero-order valence-electron chi connectivity index (χ0n) is 13.8. The topological polar surface area (TPSA) is 118 Å². The fourth-order valence-electron chi connectivity index (χ4n) is 2.24. The predicted molar refractivity (Wildman–Crippen MR) is 91.0 cm³/mol. The number of hydrogen-bond acceptors (Lipinski definition) is 5. The van der Waals surface area contributed by atoms with Crippen molar-refractivity contribution >= 4 is 23.2 Å². The van der Waals surface area contributed by atoms with E-state index in [4.69, 9.17) is 16.0 Å². The Morgan fingerprint density at radius 1 is 1.42 bits per heavy atom.